The van der Waals surface area contributed by atoms with Gasteiger partial charge in [0.2, 0.25) is 0 Å². The Labute approximate surface area is 362 Å². The number of rotatable bonds is 6. The van der Waals surface area contributed by atoms with Crippen molar-refractivity contribution in [1.29, 1.82) is 0 Å². The summed E-state index contributed by atoms with van der Waals surface area (Å²) in [5, 5.41) is 1.78. The predicted octanol–water partition coefficient (Wildman–Crippen LogP) is 15.3. The molecule has 4 nitrogen and oxygen atoms in total. The number of fused-ring (bicyclic) bond motifs is 8. The molecule has 0 amide bonds. The van der Waals surface area contributed by atoms with Crippen molar-refractivity contribution in [2.45, 2.75) is 0 Å². The van der Waals surface area contributed by atoms with Crippen LogP contribution in [0.25, 0.3) is 120 Å². The smallest absolute Gasteiger partial charge is 0.164 e. The van der Waals surface area contributed by atoms with Crippen LogP contribution in [0.3, 0.4) is 0 Å². The fraction of sp³-hybridized carbons (Fsp3) is 0. The third-order valence-electron chi connectivity index (χ3n) is 10.9. The maximum absolute atomic E-state index is 9.45. The van der Waals surface area contributed by atoms with Crippen LogP contribution >= 0.6 is 11.3 Å². The van der Waals surface area contributed by atoms with Gasteiger partial charge in [-0.2, -0.15) is 0 Å². The summed E-state index contributed by atoms with van der Waals surface area (Å²) < 4.78 is 88.6. The number of aromatic nitrogens is 3. The fourth-order valence-corrected chi connectivity index (χ4v) is 9.20. The second-order valence-electron chi connectivity index (χ2n) is 14.4. The van der Waals surface area contributed by atoms with E-state index in [1.165, 1.54) is 0 Å². The molecule has 3 aromatic heterocycles. The van der Waals surface area contributed by atoms with Crippen molar-refractivity contribution in [3.05, 3.63) is 200 Å². The molecule has 0 spiro atoms. The molecule has 60 heavy (non-hydrogen) atoms. The van der Waals surface area contributed by atoms with Gasteiger partial charge in [0.15, 0.2) is 17.5 Å². The number of benzene rings is 9. The first kappa shape index (κ1) is 26.3. The zero-order chi connectivity index (χ0) is 47.4. The van der Waals surface area contributed by atoms with Gasteiger partial charge in [-0.05, 0) is 69.1 Å². The van der Waals surface area contributed by atoms with Gasteiger partial charge in [0.25, 0.3) is 0 Å². The van der Waals surface area contributed by atoms with E-state index in [0.717, 1.165) is 53.6 Å². The maximum atomic E-state index is 9.45. The fourth-order valence-electron chi connectivity index (χ4n) is 8.03. The van der Waals surface area contributed by atoms with Gasteiger partial charge >= 0.3 is 0 Å². The standard InChI is InChI=1S/C55H33N3OS/c1-3-12-34(13-4-1)35-24-26-36(27-25-35)39-17-9-18-40(32-39)53-56-54(41-29-30-44-49(33-41)60-48-23-11-20-42(51(44)48)37-14-5-2-6-15-37)58-55(57-53)46-21-10-22-47-50(46)45-31-28-38-16-7-8-19-43(38)52(45)59-47/h1-33H/i7D,8D,10D,16D,19D,21D,22D,28D,31D. The molecule has 0 aliphatic rings. The summed E-state index contributed by atoms with van der Waals surface area (Å²) in [5.41, 5.74) is 7.09. The highest BCUT2D eigenvalue weighted by Gasteiger charge is 2.20. The lowest BCUT2D eigenvalue weighted by Crippen LogP contribution is -2.00. The van der Waals surface area contributed by atoms with Crippen LogP contribution in [0, 0.1) is 0 Å². The number of thiophene rings is 1. The van der Waals surface area contributed by atoms with Gasteiger partial charge in [-0.15, -0.1) is 11.3 Å². The van der Waals surface area contributed by atoms with Crippen molar-refractivity contribution in [2.24, 2.45) is 0 Å². The van der Waals surface area contributed by atoms with Crippen LogP contribution in [0.2, 0.25) is 0 Å². The van der Waals surface area contributed by atoms with Gasteiger partial charge in [-0.25, -0.2) is 15.0 Å². The summed E-state index contributed by atoms with van der Waals surface area (Å²) in [6.45, 7) is 0. The van der Waals surface area contributed by atoms with E-state index in [0.29, 0.717) is 11.1 Å². The van der Waals surface area contributed by atoms with Crippen LogP contribution in [-0.2, 0) is 0 Å². The Balaban J connectivity index is 1.11. The molecule has 0 N–H and O–H groups in total. The Hall–Kier alpha value is -7.73. The van der Waals surface area contributed by atoms with Gasteiger partial charge in [0.05, 0.1) is 12.3 Å². The number of hydrogen-bond acceptors (Lipinski definition) is 5. The Morgan fingerprint density at radius 1 is 0.400 bits per heavy atom. The highest BCUT2D eigenvalue weighted by atomic mass is 32.1. The van der Waals surface area contributed by atoms with Crippen LogP contribution in [0.15, 0.2) is 204 Å². The Morgan fingerprint density at radius 3 is 1.87 bits per heavy atom. The molecule has 5 heteroatoms. The summed E-state index contributed by atoms with van der Waals surface area (Å²) in [5.74, 6) is 0.445. The summed E-state index contributed by atoms with van der Waals surface area (Å²) in [6, 6.07) is 44.3. The van der Waals surface area contributed by atoms with E-state index in [2.05, 4.69) is 72.8 Å². The van der Waals surface area contributed by atoms with E-state index in [-0.39, 0.29) is 55.7 Å². The van der Waals surface area contributed by atoms with Crippen molar-refractivity contribution in [2.75, 3.05) is 0 Å². The zero-order valence-corrected chi connectivity index (χ0v) is 32.3. The molecule has 0 saturated heterocycles. The molecule has 12 aromatic rings. The molecule has 0 saturated carbocycles. The second-order valence-corrected chi connectivity index (χ2v) is 15.5. The van der Waals surface area contributed by atoms with Crippen molar-refractivity contribution in [3.8, 4) is 67.5 Å². The summed E-state index contributed by atoms with van der Waals surface area (Å²) in [4.78, 5) is 15.1. The van der Waals surface area contributed by atoms with E-state index in [9.17, 15) is 2.74 Å². The lowest BCUT2D eigenvalue weighted by Gasteiger charge is -2.11. The molecule has 3 heterocycles. The first-order chi connectivity index (χ1) is 33.5. The second kappa shape index (κ2) is 14.0. The van der Waals surface area contributed by atoms with Crippen LogP contribution in [0.1, 0.15) is 12.3 Å². The first-order valence-corrected chi connectivity index (χ1v) is 20.2. The van der Waals surface area contributed by atoms with Crippen LogP contribution in [-0.4, -0.2) is 15.0 Å². The molecule has 0 unspecified atom stereocenters. The molecule has 280 valence electrons. The lowest BCUT2D eigenvalue weighted by atomic mass is 9.99. The lowest BCUT2D eigenvalue weighted by molar-refractivity contribution is 0.672. The molecule has 0 fully saturated rings. The van der Waals surface area contributed by atoms with E-state index in [1.807, 2.05) is 72.8 Å². The Morgan fingerprint density at radius 2 is 1.05 bits per heavy atom. The highest BCUT2D eigenvalue weighted by Crippen LogP contribution is 2.43. The van der Waals surface area contributed by atoms with E-state index in [4.69, 9.17) is 29.0 Å². The first-order valence-electron chi connectivity index (χ1n) is 23.9. The van der Waals surface area contributed by atoms with Crippen LogP contribution in [0.4, 0.5) is 0 Å². The maximum Gasteiger partial charge on any atom is 0.164 e. The normalized spacial score (nSPS) is 13.8. The predicted molar refractivity (Wildman–Crippen MR) is 250 cm³/mol. The number of hydrogen-bond donors (Lipinski definition) is 0. The van der Waals surface area contributed by atoms with Gasteiger partial charge < -0.3 is 4.42 Å². The molecular formula is C55H33N3OS. The molecule has 0 radical (unpaired) electrons. The monoisotopic (exact) mass is 792 g/mol. The SMILES string of the molecule is [2H]c1c([2H])c(-c2nc(-c3cccc(-c4ccc(-c5ccccc5)cc4)c3)nc(-c3ccc4c(c3)sc3cccc(-c5ccccc5)c34)n2)c2c(oc3c4c([2H])c([2H])c([2H])c([2H])c4c([2H])c([2H])c32)c1[2H]. The Bertz CT molecular complexity index is 4120. The van der Waals surface area contributed by atoms with Crippen molar-refractivity contribution in [3.63, 3.8) is 0 Å². The summed E-state index contributed by atoms with van der Waals surface area (Å²) in [6.07, 6.45) is 0. The minimum atomic E-state index is -0.566. The van der Waals surface area contributed by atoms with E-state index >= 15 is 0 Å². The topological polar surface area (TPSA) is 51.8 Å². The minimum absolute atomic E-state index is 0.00701. The van der Waals surface area contributed by atoms with Gasteiger partial charge in [0, 0.05) is 53.0 Å². The molecular weight excluding hydrogens is 751 g/mol. The van der Waals surface area contributed by atoms with Gasteiger partial charge in [-0.3, -0.25) is 0 Å². The quantitative estimate of drug-likeness (QED) is 0.168. The molecule has 0 aliphatic carbocycles. The molecule has 0 bridgehead atoms. The molecule has 0 atom stereocenters. The van der Waals surface area contributed by atoms with E-state index in [1.54, 1.807) is 11.3 Å². The number of nitrogens with zero attached hydrogens (tertiary/aromatic N) is 3. The highest BCUT2D eigenvalue weighted by molar-refractivity contribution is 7.26. The van der Waals surface area contributed by atoms with Crippen molar-refractivity contribution >= 4 is 64.2 Å². The Kier molecular flexibility index (Phi) is 6.13. The van der Waals surface area contributed by atoms with E-state index < -0.39 is 54.4 Å². The van der Waals surface area contributed by atoms with Crippen LogP contribution < -0.4 is 0 Å². The summed E-state index contributed by atoms with van der Waals surface area (Å²) >= 11 is 1.65. The largest absolute Gasteiger partial charge is 0.455 e. The van der Waals surface area contributed by atoms with Crippen molar-refractivity contribution < 1.29 is 16.8 Å². The average Bonchev–Trinajstić information content (AvgIpc) is 3.97. The van der Waals surface area contributed by atoms with Crippen LogP contribution in [0.5, 0.6) is 0 Å². The average molecular weight is 793 g/mol. The minimum Gasteiger partial charge on any atom is -0.455 e. The molecule has 0 aliphatic heterocycles. The zero-order valence-electron chi connectivity index (χ0n) is 40.5. The number of furan rings is 1. The van der Waals surface area contributed by atoms with Gasteiger partial charge in [-0.1, -0.05) is 170 Å². The molecule has 12 rings (SSSR count). The van der Waals surface area contributed by atoms with Crippen molar-refractivity contribution in [1.82, 2.24) is 15.0 Å². The third-order valence-corrected chi connectivity index (χ3v) is 12.0. The summed E-state index contributed by atoms with van der Waals surface area (Å²) in [7, 11) is 0. The molecule has 9 aromatic carbocycles. The third kappa shape index (κ3) is 5.78. The van der Waals surface area contributed by atoms with Gasteiger partial charge in [0.1, 0.15) is 11.2 Å².